The number of aromatic nitrogens is 1. The third-order valence-electron chi connectivity index (χ3n) is 3.80. The highest BCUT2D eigenvalue weighted by molar-refractivity contribution is 8.02. The summed E-state index contributed by atoms with van der Waals surface area (Å²) in [5, 5.41) is 14.3. The van der Waals surface area contributed by atoms with Gasteiger partial charge in [-0.05, 0) is 37.1 Å². The molecule has 1 N–H and O–H groups in total. The number of nitriles is 1. The van der Waals surface area contributed by atoms with Crippen molar-refractivity contribution in [3.8, 4) is 6.07 Å². The lowest BCUT2D eigenvalue weighted by molar-refractivity contribution is 0.102. The van der Waals surface area contributed by atoms with E-state index in [-0.39, 0.29) is 5.91 Å². The van der Waals surface area contributed by atoms with Gasteiger partial charge in [-0.2, -0.15) is 5.26 Å². The minimum Gasteiger partial charge on any atom is -0.326 e. The summed E-state index contributed by atoms with van der Waals surface area (Å²) in [4.78, 5) is 14.2. The molecule has 0 aromatic carbocycles. The molecule has 124 valence electrons. The van der Waals surface area contributed by atoms with Crippen LogP contribution in [0.2, 0.25) is 0 Å². The first-order chi connectivity index (χ1) is 11.5. The van der Waals surface area contributed by atoms with E-state index in [9.17, 15) is 10.1 Å². The standard InChI is InChI=1S/C18H19N3OS2/c1-5-7-14(23-4)11-21-13(3)12(2)15(10-19)17(21)20-18(22)16-8-6-9-24-16/h5-9H,1,11H2,2-4H3,(H,20,22). The fraction of sp³-hybridized carbons (Fsp3) is 0.222. The van der Waals surface area contributed by atoms with Gasteiger partial charge in [0.05, 0.1) is 17.0 Å². The lowest BCUT2D eigenvalue weighted by atomic mass is 10.2. The third kappa shape index (κ3) is 3.64. The Kier molecular flexibility index (Phi) is 6.07. The third-order valence-corrected chi connectivity index (χ3v) is 5.46. The summed E-state index contributed by atoms with van der Waals surface area (Å²) in [6, 6.07) is 5.82. The number of anilines is 1. The minimum atomic E-state index is -0.196. The van der Waals surface area contributed by atoms with E-state index >= 15 is 0 Å². The molecule has 0 fully saturated rings. The van der Waals surface area contributed by atoms with Crippen LogP contribution in [-0.4, -0.2) is 16.7 Å². The van der Waals surface area contributed by atoms with E-state index in [2.05, 4.69) is 18.0 Å². The normalized spacial score (nSPS) is 11.2. The van der Waals surface area contributed by atoms with Gasteiger partial charge in [-0.3, -0.25) is 4.79 Å². The van der Waals surface area contributed by atoms with Gasteiger partial charge >= 0.3 is 0 Å². The van der Waals surface area contributed by atoms with Gasteiger partial charge in [0.15, 0.2) is 0 Å². The molecule has 4 nitrogen and oxygen atoms in total. The molecule has 0 unspecified atom stereocenters. The van der Waals surface area contributed by atoms with Crippen molar-refractivity contribution in [2.45, 2.75) is 20.4 Å². The van der Waals surface area contributed by atoms with Crippen molar-refractivity contribution in [3.63, 3.8) is 0 Å². The number of hydrogen-bond acceptors (Lipinski definition) is 4. The maximum Gasteiger partial charge on any atom is 0.266 e. The number of hydrogen-bond donors (Lipinski definition) is 1. The number of thiophene rings is 1. The van der Waals surface area contributed by atoms with Crippen molar-refractivity contribution in [2.75, 3.05) is 11.6 Å². The molecule has 0 spiro atoms. The molecular formula is C18H19N3OS2. The highest BCUT2D eigenvalue weighted by atomic mass is 32.2. The summed E-state index contributed by atoms with van der Waals surface area (Å²) in [5.41, 5.74) is 2.37. The maximum absolute atomic E-state index is 12.4. The number of allylic oxidation sites excluding steroid dienone is 3. The lowest BCUT2D eigenvalue weighted by Crippen LogP contribution is -2.16. The Morgan fingerprint density at radius 1 is 1.54 bits per heavy atom. The summed E-state index contributed by atoms with van der Waals surface area (Å²) in [6.07, 6.45) is 5.68. The lowest BCUT2D eigenvalue weighted by Gasteiger charge is -2.14. The summed E-state index contributed by atoms with van der Waals surface area (Å²) < 4.78 is 1.98. The van der Waals surface area contributed by atoms with E-state index in [4.69, 9.17) is 0 Å². The van der Waals surface area contributed by atoms with Crippen LogP contribution in [0.1, 0.15) is 26.5 Å². The average molecular weight is 358 g/mol. The second-order valence-corrected chi connectivity index (χ2v) is 7.02. The molecule has 0 atom stereocenters. The van der Waals surface area contributed by atoms with Crippen LogP contribution in [0.15, 0.2) is 41.1 Å². The second-order valence-electron chi connectivity index (χ2n) is 5.14. The molecule has 2 aromatic heterocycles. The van der Waals surface area contributed by atoms with E-state index in [1.807, 2.05) is 42.2 Å². The van der Waals surface area contributed by atoms with Crippen molar-refractivity contribution in [1.82, 2.24) is 4.57 Å². The zero-order valence-corrected chi connectivity index (χ0v) is 15.6. The first-order valence-electron chi connectivity index (χ1n) is 7.33. The van der Waals surface area contributed by atoms with Gasteiger partial charge in [-0.25, -0.2) is 0 Å². The van der Waals surface area contributed by atoms with Crippen LogP contribution in [0.4, 0.5) is 5.82 Å². The average Bonchev–Trinajstić information content (AvgIpc) is 3.18. The first kappa shape index (κ1) is 18.1. The van der Waals surface area contributed by atoms with Crippen LogP contribution >= 0.6 is 23.1 Å². The Hall–Kier alpha value is -2.23. The fourth-order valence-electron chi connectivity index (χ4n) is 2.38. The number of nitrogens with zero attached hydrogens (tertiary/aromatic N) is 2. The van der Waals surface area contributed by atoms with E-state index in [0.29, 0.717) is 22.8 Å². The smallest absolute Gasteiger partial charge is 0.266 e. The molecule has 0 saturated heterocycles. The zero-order valence-electron chi connectivity index (χ0n) is 13.9. The summed E-state index contributed by atoms with van der Waals surface area (Å²) in [5.74, 6) is 0.355. The SMILES string of the molecule is C=CC=C(Cn1c(C)c(C)c(C#N)c1NC(=O)c1cccs1)SC. The van der Waals surface area contributed by atoms with Gasteiger partial charge in [-0.15, -0.1) is 23.1 Å². The van der Waals surface area contributed by atoms with Crippen molar-refractivity contribution in [3.05, 3.63) is 62.8 Å². The monoisotopic (exact) mass is 357 g/mol. The summed E-state index contributed by atoms with van der Waals surface area (Å²) >= 11 is 3.00. The highest BCUT2D eigenvalue weighted by Crippen LogP contribution is 2.29. The van der Waals surface area contributed by atoms with Crippen molar-refractivity contribution in [1.29, 1.82) is 5.26 Å². The molecule has 0 bridgehead atoms. The molecule has 24 heavy (non-hydrogen) atoms. The number of carbonyl (C=O) groups excluding carboxylic acids is 1. The molecular weight excluding hydrogens is 338 g/mol. The van der Waals surface area contributed by atoms with Gasteiger partial charge in [0.1, 0.15) is 11.9 Å². The Bertz CT molecular complexity index is 824. The largest absolute Gasteiger partial charge is 0.326 e. The highest BCUT2D eigenvalue weighted by Gasteiger charge is 2.20. The van der Waals surface area contributed by atoms with E-state index < -0.39 is 0 Å². The molecule has 2 heterocycles. The topological polar surface area (TPSA) is 57.8 Å². The van der Waals surface area contributed by atoms with Gasteiger partial charge in [0, 0.05) is 10.6 Å². The predicted molar refractivity (Wildman–Crippen MR) is 103 cm³/mol. The molecule has 0 saturated carbocycles. The Labute approximate surface area is 150 Å². The summed E-state index contributed by atoms with van der Waals surface area (Å²) in [6.45, 7) is 8.19. The van der Waals surface area contributed by atoms with Crippen LogP contribution in [-0.2, 0) is 6.54 Å². The molecule has 0 radical (unpaired) electrons. The van der Waals surface area contributed by atoms with Crippen LogP contribution in [0, 0.1) is 25.2 Å². The van der Waals surface area contributed by atoms with Gasteiger partial charge in [0.2, 0.25) is 0 Å². The summed E-state index contributed by atoms with van der Waals surface area (Å²) in [7, 11) is 0. The molecule has 1 amide bonds. The minimum absolute atomic E-state index is 0.196. The van der Waals surface area contributed by atoms with E-state index in [0.717, 1.165) is 16.2 Å². The number of amides is 1. The van der Waals surface area contributed by atoms with Crippen LogP contribution in [0.5, 0.6) is 0 Å². The van der Waals surface area contributed by atoms with E-state index in [1.165, 1.54) is 11.3 Å². The van der Waals surface area contributed by atoms with Crippen LogP contribution < -0.4 is 5.32 Å². The quantitative estimate of drug-likeness (QED) is 0.761. The maximum atomic E-state index is 12.4. The van der Waals surface area contributed by atoms with Crippen LogP contribution in [0.25, 0.3) is 0 Å². The Balaban J connectivity index is 2.46. The molecule has 6 heteroatoms. The van der Waals surface area contributed by atoms with Crippen molar-refractivity contribution < 1.29 is 4.79 Å². The van der Waals surface area contributed by atoms with Crippen molar-refractivity contribution >= 4 is 34.8 Å². The first-order valence-corrected chi connectivity index (χ1v) is 9.44. The molecule has 2 rings (SSSR count). The van der Waals surface area contributed by atoms with Gasteiger partial charge < -0.3 is 9.88 Å². The Morgan fingerprint density at radius 2 is 2.29 bits per heavy atom. The number of rotatable bonds is 6. The number of thioether (sulfide) groups is 1. The molecule has 0 aliphatic heterocycles. The second kappa shape index (κ2) is 8.04. The van der Waals surface area contributed by atoms with E-state index in [1.54, 1.807) is 23.9 Å². The number of nitrogens with one attached hydrogen (secondary N) is 1. The predicted octanol–water partition coefficient (Wildman–Crippen LogP) is 4.72. The Morgan fingerprint density at radius 3 is 2.83 bits per heavy atom. The number of carbonyl (C=O) groups is 1. The zero-order chi connectivity index (χ0) is 17.7. The van der Waals surface area contributed by atoms with Gasteiger partial charge in [-0.1, -0.05) is 24.8 Å². The molecule has 0 aliphatic carbocycles. The molecule has 0 aliphatic rings. The van der Waals surface area contributed by atoms with Gasteiger partial charge in [0.25, 0.3) is 5.91 Å². The molecule has 2 aromatic rings. The van der Waals surface area contributed by atoms with Crippen LogP contribution in [0.3, 0.4) is 0 Å². The van der Waals surface area contributed by atoms with Crippen molar-refractivity contribution in [2.24, 2.45) is 0 Å². The fourth-order valence-corrected chi connectivity index (χ4v) is 3.49.